The van der Waals surface area contributed by atoms with Gasteiger partial charge in [-0.25, -0.2) is 0 Å². The molecule has 0 heterocycles. The summed E-state index contributed by atoms with van der Waals surface area (Å²) in [6.45, 7) is 4.00. The first kappa shape index (κ1) is 14.5. The van der Waals surface area contributed by atoms with E-state index in [0.717, 1.165) is 25.6 Å². The summed E-state index contributed by atoms with van der Waals surface area (Å²) in [5, 5.41) is 0. The van der Waals surface area contributed by atoms with Crippen molar-refractivity contribution in [1.29, 1.82) is 0 Å². The number of ether oxygens (including phenoxy) is 1. The minimum absolute atomic E-state index is 0.0867. The zero-order valence-electron chi connectivity index (χ0n) is 12.1. The predicted molar refractivity (Wildman–Crippen MR) is 79.1 cm³/mol. The first-order chi connectivity index (χ1) is 9.27. The topological polar surface area (TPSA) is 38.5 Å². The van der Waals surface area contributed by atoms with Gasteiger partial charge in [0.25, 0.3) is 0 Å². The molecule has 0 spiro atoms. The van der Waals surface area contributed by atoms with Crippen molar-refractivity contribution >= 4 is 0 Å². The van der Waals surface area contributed by atoms with E-state index in [1.54, 1.807) is 7.11 Å². The van der Waals surface area contributed by atoms with Gasteiger partial charge in [-0.2, -0.15) is 0 Å². The molecule has 0 saturated heterocycles. The Morgan fingerprint density at radius 3 is 2.53 bits per heavy atom. The fourth-order valence-corrected chi connectivity index (χ4v) is 2.81. The summed E-state index contributed by atoms with van der Waals surface area (Å²) in [6.07, 6.45) is 3.69. The molecule has 2 N–H and O–H groups in total. The molecule has 0 radical (unpaired) electrons. The fourth-order valence-electron chi connectivity index (χ4n) is 2.81. The molecule has 106 valence electrons. The number of benzene rings is 1. The number of methoxy groups -OCH3 is 1. The minimum atomic E-state index is 0.0867. The lowest BCUT2D eigenvalue weighted by atomic mass is 9.96. The van der Waals surface area contributed by atoms with E-state index in [9.17, 15) is 0 Å². The van der Waals surface area contributed by atoms with E-state index in [-0.39, 0.29) is 6.04 Å². The molecule has 3 heteroatoms. The predicted octanol–water partition coefficient (Wildman–Crippen LogP) is 2.58. The van der Waals surface area contributed by atoms with Gasteiger partial charge in [0, 0.05) is 31.8 Å². The second-order valence-electron chi connectivity index (χ2n) is 5.37. The zero-order valence-corrected chi connectivity index (χ0v) is 12.1. The van der Waals surface area contributed by atoms with Gasteiger partial charge in [0.1, 0.15) is 0 Å². The smallest absolute Gasteiger partial charge is 0.0589 e. The Labute approximate surface area is 116 Å². The van der Waals surface area contributed by atoms with Gasteiger partial charge in [0.15, 0.2) is 0 Å². The maximum absolute atomic E-state index is 6.51. The number of rotatable bonds is 8. The van der Waals surface area contributed by atoms with Gasteiger partial charge >= 0.3 is 0 Å². The minimum Gasteiger partial charge on any atom is -0.383 e. The molecule has 1 saturated carbocycles. The van der Waals surface area contributed by atoms with Crippen LogP contribution >= 0.6 is 0 Å². The SMILES string of the molecule is CCC(C(N)c1ccccc1)N(CCOC)C1CC1. The monoisotopic (exact) mass is 262 g/mol. The van der Waals surface area contributed by atoms with Crippen LogP contribution in [-0.2, 0) is 4.74 Å². The van der Waals surface area contributed by atoms with Crippen molar-refractivity contribution in [3.8, 4) is 0 Å². The van der Waals surface area contributed by atoms with Crippen LogP contribution in [0.25, 0.3) is 0 Å². The molecule has 0 aromatic heterocycles. The summed E-state index contributed by atoms with van der Waals surface area (Å²) in [7, 11) is 1.77. The van der Waals surface area contributed by atoms with Crippen molar-refractivity contribution in [1.82, 2.24) is 4.90 Å². The Bertz CT molecular complexity index is 364. The average Bonchev–Trinajstić information content (AvgIpc) is 3.28. The van der Waals surface area contributed by atoms with Crippen LogP contribution in [0.2, 0.25) is 0 Å². The lowest BCUT2D eigenvalue weighted by molar-refractivity contribution is 0.0998. The van der Waals surface area contributed by atoms with Crippen LogP contribution in [0.3, 0.4) is 0 Å². The molecule has 3 nitrogen and oxygen atoms in total. The van der Waals surface area contributed by atoms with Crippen LogP contribution in [0, 0.1) is 0 Å². The Kier molecular flexibility index (Phi) is 5.37. The lowest BCUT2D eigenvalue weighted by Crippen LogP contribution is -2.45. The van der Waals surface area contributed by atoms with E-state index < -0.39 is 0 Å². The van der Waals surface area contributed by atoms with Gasteiger partial charge < -0.3 is 10.5 Å². The number of nitrogens with zero attached hydrogens (tertiary/aromatic N) is 1. The Hall–Kier alpha value is -0.900. The zero-order chi connectivity index (χ0) is 13.7. The van der Waals surface area contributed by atoms with Gasteiger partial charge in [0.2, 0.25) is 0 Å². The van der Waals surface area contributed by atoms with Gasteiger partial charge in [-0.1, -0.05) is 37.3 Å². The molecule has 19 heavy (non-hydrogen) atoms. The van der Waals surface area contributed by atoms with E-state index in [1.807, 2.05) is 6.07 Å². The van der Waals surface area contributed by atoms with Crippen LogP contribution in [0.15, 0.2) is 30.3 Å². The van der Waals surface area contributed by atoms with Crippen molar-refractivity contribution < 1.29 is 4.74 Å². The van der Waals surface area contributed by atoms with E-state index in [2.05, 4.69) is 36.1 Å². The first-order valence-electron chi connectivity index (χ1n) is 7.33. The van der Waals surface area contributed by atoms with E-state index in [4.69, 9.17) is 10.5 Å². The Morgan fingerprint density at radius 1 is 1.32 bits per heavy atom. The van der Waals surface area contributed by atoms with E-state index >= 15 is 0 Å². The van der Waals surface area contributed by atoms with Crippen LogP contribution in [-0.4, -0.2) is 37.2 Å². The summed E-state index contributed by atoms with van der Waals surface area (Å²) in [5.41, 5.74) is 7.74. The molecule has 2 atom stereocenters. The molecule has 2 unspecified atom stereocenters. The van der Waals surface area contributed by atoms with Gasteiger partial charge in [0.05, 0.1) is 6.61 Å². The van der Waals surface area contributed by atoms with Gasteiger partial charge in [-0.05, 0) is 24.8 Å². The highest BCUT2D eigenvalue weighted by atomic mass is 16.5. The molecular weight excluding hydrogens is 236 g/mol. The van der Waals surface area contributed by atoms with Crippen molar-refractivity contribution in [2.45, 2.75) is 44.3 Å². The second kappa shape index (κ2) is 7.04. The molecule has 0 aliphatic heterocycles. The maximum Gasteiger partial charge on any atom is 0.0589 e. The molecular formula is C16H26N2O. The van der Waals surface area contributed by atoms with Gasteiger partial charge in [-0.3, -0.25) is 4.90 Å². The van der Waals surface area contributed by atoms with E-state index in [1.165, 1.54) is 18.4 Å². The maximum atomic E-state index is 6.51. The third-order valence-corrected chi connectivity index (χ3v) is 4.01. The van der Waals surface area contributed by atoms with Crippen molar-refractivity contribution in [3.63, 3.8) is 0 Å². The molecule has 0 amide bonds. The summed E-state index contributed by atoms with van der Waals surface area (Å²) >= 11 is 0. The summed E-state index contributed by atoms with van der Waals surface area (Å²) < 4.78 is 5.25. The number of hydrogen-bond acceptors (Lipinski definition) is 3. The molecule has 1 fully saturated rings. The van der Waals surface area contributed by atoms with Crippen LogP contribution in [0.4, 0.5) is 0 Å². The second-order valence-corrected chi connectivity index (χ2v) is 5.37. The Morgan fingerprint density at radius 2 is 2.00 bits per heavy atom. The molecule has 2 rings (SSSR count). The molecule has 1 aliphatic carbocycles. The highest BCUT2D eigenvalue weighted by Crippen LogP contribution is 2.32. The quantitative estimate of drug-likeness (QED) is 0.782. The van der Waals surface area contributed by atoms with Crippen LogP contribution < -0.4 is 5.73 Å². The Balaban J connectivity index is 2.08. The first-order valence-corrected chi connectivity index (χ1v) is 7.33. The van der Waals surface area contributed by atoms with Crippen LogP contribution in [0.1, 0.15) is 37.8 Å². The lowest BCUT2D eigenvalue weighted by Gasteiger charge is -2.35. The summed E-state index contributed by atoms with van der Waals surface area (Å²) in [5.74, 6) is 0. The van der Waals surface area contributed by atoms with Crippen molar-refractivity contribution in [3.05, 3.63) is 35.9 Å². The largest absolute Gasteiger partial charge is 0.383 e. The number of hydrogen-bond donors (Lipinski definition) is 1. The standard InChI is InChI=1S/C16H26N2O/c1-3-15(16(17)13-7-5-4-6-8-13)18(11-12-19-2)14-9-10-14/h4-8,14-16H,3,9-12,17H2,1-2H3. The third kappa shape index (κ3) is 3.78. The van der Waals surface area contributed by atoms with Crippen LogP contribution in [0.5, 0.6) is 0 Å². The highest BCUT2D eigenvalue weighted by molar-refractivity contribution is 5.20. The fraction of sp³-hybridized carbons (Fsp3) is 0.625. The average molecular weight is 262 g/mol. The third-order valence-electron chi connectivity index (χ3n) is 4.01. The molecule has 1 aromatic carbocycles. The highest BCUT2D eigenvalue weighted by Gasteiger charge is 2.35. The van der Waals surface area contributed by atoms with Crippen molar-refractivity contribution in [2.75, 3.05) is 20.3 Å². The normalized spacial score (nSPS) is 18.5. The summed E-state index contributed by atoms with van der Waals surface area (Å²) in [4.78, 5) is 2.56. The molecule has 0 bridgehead atoms. The van der Waals surface area contributed by atoms with E-state index in [0.29, 0.717) is 6.04 Å². The van der Waals surface area contributed by atoms with Crippen molar-refractivity contribution in [2.24, 2.45) is 5.73 Å². The molecule has 1 aliphatic rings. The number of nitrogens with two attached hydrogens (primary N) is 1. The molecule has 1 aromatic rings. The van der Waals surface area contributed by atoms with Gasteiger partial charge in [-0.15, -0.1) is 0 Å². The summed E-state index contributed by atoms with van der Waals surface area (Å²) in [6, 6.07) is 11.7.